The standard InChI is InChI=1S/C9H17O/c1-4-7-10-8-6-9(3)5-2/h5,7H,4,6,8H2,1-3H3/b9-5+. The highest BCUT2D eigenvalue weighted by molar-refractivity contribution is 4.94. The Kier molecular flexibility index (Phi) is 6.61. The second-order valence-corrected chi connectivity index (χ2v) is 2.33. The van der Waals surface area contributed by atoms with Crippen molar-refractivity contribution < 1.29 is 4.74 Å². The summed E-state index contributed by atoms with van der Waals surface area (Å²) in [5.41, 5.74) is 1.39. The first kappa shape index (κ1) is 9.70. The predicted molar refractivity (Wildman–Crippen MR) is 44.6 cm³/mol. The minimum atomic E-state index is 0.823. The predicted octanol–water partition coefficient (Wildman–Crippen LogP) is 2.93. The first-order chi connectivity index (χ1) is 4.81. The number of ether oxygens (including phenoxy) is 1. The van der Waals surface area contributed by atoms with E-state index in [9.17, 15) is 0 Å². The first-order valence-electron chi connectivity index (χ1n) is 3.86. The Morgan fingerprint density at radius 3 is 2.70 bits per heavy atom. The fourth-order valence-corrected chi connectivity index (χ4v) is 0.565. The molecule has 0 heterocycles. The zero-order valence-corrected chi connectivity index (χ0v) is 7.18. The number of allylic oxidation sites excluding steroid dienone is 1. The van der Waals surface area contributed by atoms with E-state index < -0.39 is 0 Å². The summed E-state index contributed by atoms with van der Waals surface area (Å²) in [6.45, 7) is 8.92. The molecule has 0 aliphatic heterocycles. The minimum Gasteiger partial charge on any atom is -0.375 e. The van der Waals surface area contributed by atoms with Crippen molar-refractivity contribution in [2.75, 3.05) is 6.61 Å². The van der Waals surface area contributed by atoms with Crippen molar-refractivity contribution in [2.24, 2.45) is 0 Å². The smallest absolute Gasteiger partial charge is 0.0834 e. The molecule has 0 aromatic heterocycles. The van der Waals surface area contributed by atoms with E-state index in [1.807, 2.05) is 6.61 Å². The van der Waals surface area contributed by atoms with Crippen LogP contribution in [0.1, 0.15) is 33.6 Å². The van der Waals surface area contributed by atoms with Gasteiger partial charge in [-0.05, 0) is 26.7 Å². The van der Waals surface area contributed by atoms with E-state index in [0.717, 1.165) is 19.4 Å². The highest BCUT2D eigenvalue weighted by Crippen LogP contribution is 2.00. The summed E-state index contributed by atoms with van der Waals surface area (Å²) in [7, 11) is 0. The van der Waals surface area contributed by atoms with Crippen LogP contribution in [0.2, 0.25) is 0 Å². The quantitative estimate of drug-likeness (QED) is 0.422. The fraction of sp³-hybridized carbons (Fsp3) is 0.667. The largest absolute Gasteiger partial charge is 0.375 e. The van der Waals surface area contributed by atoms with Gasteiger partial charge < -0.3 is 4.74 Å². The summed E-state index contributed by atoms with van der Waals surface area (Å²) in [6.07, 6.45) is 4.16. The van der Waals surface area contributed by atoms with Gasteiger partial charge in [-0.3, -0.25) is 0 Å². The highest BCUT2D eigenvalue weighted by Gasteiger charge is 1.88. The molecule has 0 unspecified atom stereocenters. The Hall–Kier alpha value is -0.300. The monoisotopic (exact) mass is 141 g/mol. The van der Waals surface area contributed by atoms with Gasteiger partial charge in [0.15, 0.2) is 0 Å². The van der Waals surface area contributed by atoms with E-state index in [0.29, 0.717) is 0 Å². The van der Waals surface area contributed by atoms with Crippen LogP contribution in [0.25, 0.3) is 0 Å². The minimum absolute atomic E-state index is 0.823. The van der Waals surface area contributed by atoms with Gasteiger partial charge in [-0.2, -0.15) is 0 Å². The van der Waals surface area contributed by atoms with Crippen molar-refractivity contribution in [3.63, 3.8) is 0 Å². The molecule has 0 aliphatic carbocycles. The molecule has 0 fully saturated rings. The third-order valence-corrected chi connectivity index (χ3v) is 1.39. The van der Waals surface area contributed by atoms with Crippen LogP contribution in [0.3, 0.4) is 0 Å². The molecule has 10 heavy (non-hydrogen) atoms. The maximum Gasteiger partial charge on any atom is 0.0834 e. The van der Waals surface area contributed by atoms with Crippen molar-refractivity contribution >= 4 is 0 Å². The lowest BCUT2D eigenvalue weighted by Gasteiger charge is -2.00. The van der Waals surface area contributed by atoms with Crippen molar-refractivity contribution in [2.45, 2.75) is 33.6 Å². The van der Waals surface area contributed by atoms with Crippen LogP contribution in [0.15, 0.2) is 11.6 Å². The second kappa shape index (κ2) is 6.81. The lowest BCUT2D eigenvalue weighted by atomic mass is 10.2. The molecule has 1 nitrogen and oxygen atoms in total. The van der Waals surface area contributed by atoms with Crippen LogP contribution >= 0.6 is 0 Å². The van der Waals surface area contributed by atoms with Gasteiger partial charge in [0.25, 0.3) is 0 Å². The zero-order valence-electron chi connectivity index (χ0n) is 7.18. The van der Waals surface area contributed by atoms with Gasteiger partial charge in [0.2, 0.25) is 0 Å². The van der Waals surface area contributed by atoms with Crippen molar-refractivity contribution in [1.82, 2.24) is 0 Å². The summed E-state index contributed by atoms with van der Waals surface area (Å²) in [6, 6.07) is 0. The van der Waals surface area contributed by atoms with Gasteiger partial charge >= 0.3 is 0 Å². The second-order valence-electron chi connectivity index (χ2n) is 2.33. The van der Waals surface area contributed by atoms with Crippen LogP contribution in [0.5, 0.6) is 0 Å². The fourth-order valence-electron chi connectivity index (χ4n) is 0.565. The van der Waals surface area contributed by atoms with Gasteiger partial charge in [0, 0.05) is 0 Å². The molecule has 59 valence electrons. The van der Waals surface area contributed by atoms with Crippen LogP contribution in [-0.4, -0.2) is 6.61 Å². The molecule has 1 radical (unpaired) electrons. The number of hydrogen-bond donors (Lipinski definition) is 0. The Labute approximate surface area is 64.1 Å². The molecule has 0 rings (SSSR count). The van der Waals surface area contributed by atoms with Gasteiger partial charge in [-0.15, -0.1) is 0 Å². The Bertz CT molecular complexity index is 94.9. The normalized spacial score (nSPS) is 12.1. The van der Waals surface area contributed by atoms with E-state index >= 15 is 0 Å². The van der Waals surface area contributed by atoms with Gasteiger partial charge in [0.1, 0.15) is 0 Å². The van der Waals surface area contributed by atoms with Gasteiger partial charge in [0.05, 0.1) is 13.2 Å². The lowest BCUT2D eigenvalue weighted by molar-refractivity contribution is 0.197. The average molecular weight is 141 g/mol. The molecule has 0 aliphatic rings. The molecule has 0 spiro atoms. The Balaban J connectivity index is 3.04. The zero-order chi connectivity index (χ0) is 7.82. The maximum absolute atomic E-state index is 5.19. The molecule has 0 aromatic carbocycles. The molecular formula is C9H17O. The van der Waals surface area contributed by atoms with Crippen molar-refractivity contribution in [3.8, 4) is 0 Å². The topological polar surface area (TPSA) is 9.23 Å². The summed E-state index contributed by atoms with van der Waals surface area (Å²) in [5.74, 6) is 0. The maximum atomic E-state index is 5.19. The summed E-state index contributed by atoms with van der Waals surface area (Å²) in [5, 5.41) is 0. The van der Waals surface area contributed by atoms with E-state index in [-0.39, 0.29) is 0 Å². The SMILES string of the molecule is C/C=C(\C)CCO[CH]CC. The van der Waals surface area contributed by atoms with Gasteiger partial charge in [-0.1, -0.05) is 18.6 Å². The Morgan fingerprint density at radius 2 is 2.20 bits per heavy atom. The summed E-state index contributed by atoms with van der Waals surface area (Å²) >= 11 is 0. The molecule has 1 heteroatoms. The molecule has 0 saturated carbocycles. The molecule has 0 atom stereocenters. The van der Waals surface area contributed by atoms with Crippen LogP contribution in [0.4, 0.5) is 0 Å². The molecule has 0 amide bonds. The van der Waals surface area contributed by atoms with Crippen molar-refractivity contribution in [1.29, 1.82) is 0 Å². The first-order valence-corrected chi connectivity index (χ1v) is 3.86. The van der Waals surface area contributed by atoms with E-state index in [4.69, 9.17) is 4.74 Å². The summed E-state index contributed by atoms with van der Waals surface area (Å²) in [4.78, 5) is 0. The number of rotatable bonds is 5. The summed E-state index contributed by atoms with van der Waals surface area (Å²) < 4.78 is 5.19. The average Bonchev–Trinajstić information content (AvgIpc) is 1.98. The van der Waals surface area contributed by atoms with Gasteiger partial charge in [-0.25, -0.2) is 0 Å². The van der Waals surface area contributed by atoms with E-state index in [1.54, 1.807) is 0 Å². The third-order valence-electron chi connectivity index (χ3n) is 1.39. The lowest BCUT2D eigenvalue weighted by Crippen LogP contribution is -1.91. The van der Waals surface area contributed by atoms with E-state index in [2.05, 4.69) is 26.8 Å². The molecular weight excluding hydrogens is 124 g/mol. The van der Waals surface area contributed by atoms with Crippen LogP contribution in [-0.2, 0) is 4.74 Å². The molecule has 0 aromatic rings. The van der Waals surface area contributed by atoms with Crippen LogP contribution in [0, 0.1) is 6.61 Å². The number of hydrogen-bond acceptors (Lipinski definition) is 1. The van der Waals surface area contributed by atoms with Crippen LogP contribution < -0.4 is 0 Å². The molecule has 0 bridgehead atoms. The highest BCUT2D eigenvalue weighted by atomic mass is 16.5. The van der Waals surface area contributed by atoms with Crippen molar-refractivity contribution in [3.05, 3.63) is 18.3 Å². The Morgan fingerprint density at radius 1 is 1.50 bits per heavy atom. The molecule has 0 N–H and O–H groups in total. The van der Waals surface area contributed by atoms with E-state index in [1.165, 1.54) is 5.57 Å². The third kappa shape index (κ3) is 5.83. The molecule has 0 saturated heterocycles.